The first-order chi connectivity index (χ1) is 6.95. The zero-order valence-corrected chi connectivity index (χ0v) is 9.97. The molecule has 2 nitrogen and oxygen atoms in total. The van der Waals surface area contributed by atoms with Crippen molar-refractivity contribution in [3.05, 3.63) is 29.3 Å². The number of halogens is 1. The molecule has 0 fully saturated rings. The second-order valence-electron chi connectivity index (χ2n) is 4.55. The van der Waals surface area contributed by atoms with Crippen molar-refractivity contribution in [1.82, 2.24) is 0 Å². The van der Waals surface area contributed by atoms with E-state index in [1.54, 1.807) is 6.07 Å². The van der Waals surface area contributed by atoms with Gasteiger partial charge in [0.2, 0.25) is 0 Å². The van der Waals surface area contributed by atoms with Crippen molar-refractivity contribution < 1.29 is 0 Å². The maximum Gasteiger partial charge on any atom is 0.119 e. The van der Waals surface area contributed by atoms with Crippen molar-refractivity contribution >= 4 is 17.3 Å². The fraction of sp³-hybridized carbons (Fsp3) is 0.417. The summed E-state index contributed by atoms with van der Waals surface area (Å²) in [6.45, 7) is 6.06. The van der Waals surface area contributed by atoms with E-state index in [9.17, 15) is 0 Å². The van der Waals surface area contributed by atoms with Gasteiger partial charge in [0.05, 0.1) is 16.8 Å². The minimum Gasteiger partial charge on any atom is -0.368 e. The van der Waals surface area contributed by atoms with Crippen LogP contribution in [0.5, 0.6) is 0 Å². The molecule has 0 saturated carbocycles. The number of anilines is 1. The molecule has 0 aliphatic carbocycles. The molecule has 1 N–H and O–H groups in total. The first-order valence-electron chi connectivity index (χ1n) is 4.86. The number of nitrogens with one attached hydrogen (secondary N) is 1. The van der Waals surface area contributed by atoms with E-state index in [1.807, 2.05) is 39.0 Å². The lowest BCUT2D eigenvalue weighted by Crippen LogP contribution is -2.32. The third-order valence-electron chi connectivity index (χ3n) is 2.17. The summed E-state index contributed by atoms with van der Waals surface area (Å²) in [5.41, 5.74) is 0.689. The Morgan fingerprint density at radius 1 is 1.33 bits per heavy atom. The molecule has 1 rings (SSSR count). The third-order valence-corrected chi connectivity index (χ3v) is 2.50. The van der Waals surface area contributed by atoms with Gasteiger partial charge in [0.1, 0.15) is 6.04 Å². The zero-order chi connectivity index (χ0) is 11.5. The molecule has 0 spiro atoms. The highest BCUT2D eigenvalue weighted by molar-refractivity contribution is 6.33. The van der Waals surface area contributed by atoms with E-state index < -0.39 is 0 Å². The van der Waals surface area contributed by atoms with Gasteiger partial charge >= 0.3 is 0 Å². The molecule has 0 radical (unpaired) electrons. The van der Waals surface area contributed by atoms with E-state index in [-0.39, 0.29) is 11.5 Å². The van der Waals surface area contributed by atoms with Crippen molar-refractivity contribution in [3.63, 3.8) is 0 Å². The van der Waals surface area contributed by atoms with Crippen molar-refractivity contribution in [2.45, 2.75) is 26.8 Å². The molecular weight excluding hydrogens is 208 g/mol. The quantitative estimate of drug-likeness (QED) is 0.829. The van der Waals surface area contributed by atoms with Crippen LogP contribution < -0.4 is 5.32 Å². The number of nitrogens with zero attached hydrogens (tertiary/aromatic N) is 1. The predicted molar refractivity (Wildman–Crippen MR) is 63.9 cm³/mol. The van der Waals surface area contributed by atoms with Crippen LogP contribution in [0.3, 0.4) is 0 Å². The van der Waals surface area contributed by atoms with Crippen LogP contribution in [-0.4, -0.2) is 6.04 Å². The van der Waals surface area contributed by atoms with E-state index >= 15 is 0 Å². The van der Waals surface area contributed by atoms with Crippen LogP contribution in [0.4, 0.5) is 5.69 Å². The smallest absolute Gasteiger partial charge is 0.119 e. The largest absolute Gasteiger partial charge is 0.368 e. The van der Waals surface area contributed by atoms with Crippen LogP contribution in [0.1, 0.15) is 20.8 Å². The minimum atomic E-state index is -0.252. The van der Waals surface area contributed by atoms with Crippen LogP contribution in [0.15, 0.2) is 24.3 Å². The molecule has 0 aliphatic heterocycles. The van der Waals surface area contributed by atoms with Gasteiger partial charge in [-0.15, -0.1) is 0 Å². The Morgan fingerprint density at radius 2 is 1.93 bits per heavy atom. The molecular formula is C12H15ClN2. The highest BCUT2D eigenvalue weighted by Crippen LogP contribution is 2.26. The Balaban J connectivity index is 2.87. The summed E-state index contributed by atoms with van der Waals surface area (Å²) in [4.78, 5) is 0. The highest BCUT2D eigenvalue weighted by Gasteiger charge is 2.24. The number of benzene rings is 1. The van der Waals surface area contributed by atoms with Gasteiger partial charge in [-0.05, 0) is 17.5 Å². The molecule has 1 unspecified atom stereocenters. The monoisotopic (exact) mass is 222 g/mol. The van der Waals surface area contributed by atoms with Crippen molar-refractivity contribution in [3.8, 4) is 6.07 Å². The summed E-state index contributed by atoms with van der Waals surface area (Å²) in [6.07, 6.45) is 0. The summed E-state index contributed by atoms with van der Waals surface area (Å²) in [7, 11) is 0. The first-order valence-corrected chi connectivity index (χ1v) is 5.23. The van der Waals surface area contributed by atoms with Gasteiger partial charge in [-0.2, -0.15) is 5.26 Å². The molecule has 80 valence electrons. The number of para-hydroxylation sites is 1. The molecule has 1 aromatic rings. The number of rotatable bonds is 2. The molecule has 0 amide bonds. The van der Waals surface area contributed by atoms with Gasteiger partial charge in [0, 0.05) is 0 Å². The van der Waals surface area contributed by atoms with E-state index in [1.165, 1.54) is 0 Å². The molecule has 0 aliphatic rings. The molecule has 15 heavy (non-hydrogen) atoms. The average molecular weight is 223 g/mol. The standard InChI is InChI=1S/C12H15ClN2/c1-12(2,3)11(8-14)15-10-7-5-4-6-9(10)13/h4-7,11,15H,1-3H3. The van der Waals surface area contributed by atoms with Gasteiger partial charge in [-0.3, -0.25) is 0 Å². The van der Waals surface area contributed by atoms with E-state index in [0.29, 0.717) is 5.02 Å². The lowest BCUT2D eigenvalue weighted by Gasteiger charge is -2.26. The van der Waals surface area contributed by atoms with Crippen LogP contribution >= 0.6 is 11.6 Å². The Morgan fingerprint density at radius 3 is 2.40 bits per heavy atom. The van der Waals surface area contributed by atoms with Gasteiger partial charge in [0.25, 0.3) is 0 Å². The highest BCUT2D eigenvalue weighted by atomic mass is 35.5. The van der Waals surface area contributed by atoms with Gasteiger partial charge in [-0.25, -0.2) is 0 Å². The lowest BCUT2D eigenvalue weighted by atomic mass is 9.87. The third kappa shape index (κ3) is 3.14. The van der Waals surface area contributed by atoms with Crippen molar-refractivity contribution in [1.29, 1.82) is 5.26 Å². The molecule has 0 heterocycles. The summed E-state index contributed by atoms with van der Waals surface area (Å²) in [5.74, 6) is 0. The Hall–Kier alpha value is -1.20. The molecule has 3 heteroatoms. The Kier molecular flexibility index (Phi) is 3.60. The van der Waals surface area contributed by atoms with Gasteiger partial charge < -0.3 is 5.32 Å². The van der Waals surface area contributed by atoms with Crippen LogP contribution in [0.25, 0.3) is 0 Å². The summed E-state index contributed by atoms with van der Waals surface area (Å²) >= 11 is 6.00. The first kappa shape index (κ1) is 11.9. The fourth-order valence-corrected chi connectivity index (χ4v) is 1.37. The van der Waals surface area contributed by atoms with Crippen LogP contribution in [0.2, 0.25) is 5.02 Å². The Bertz CT molecular complexity index is 374. The molecule has 0 saturated heterocycles. The molecule has 0 aromatic heterocycles. The number of hydrogen-bond donors (Lipinski definition) is 1. The number of hydrogen-bond acceptors (Lipinski definition) is 2. The van der Waals surface area contributed by atoms with E-state index in [2.05, 4.69) is 11.4 Å². The molecule has 0 bridgehead atoms. The van der Waals surface area contributed by atoms with Gasteiger partial charge in [-0.1, -0.05) is 44.5 Å². The topological polar surface area (TPSA) is 35.8 Å². The van der Waals surface area contributed by atoms with E-state index in [4.69, 9.17) is 16.9 Å². The molecule has 1 aromatic carbocycles. The average Bonchev–Trinajstić information content (AvgIpc) is 2.14. The summed E-state index contributed by atoms with van der Waals surface area (Å²) in [5, 5.41) is 12.8. The maximum atomic E-state index is 9.06. The van der Waals surface area contributed by atoms with Crippen molar-refractivity contribution in [2.75, 3.05) is 5.32 Å². The minimum absolute atomic E-state index is 0.117. The normalized spacial score (nSPS) is 13.0. The van der Waals surface area contributed by atoms with Crippen LogP contribution in [0, 0.1) is 16.7 Å². The zero-order valence-electron chi connectivity index (χ0n) is 9.21. The predicted octanol–water partition coefficient (Wildman–Crippen LogP) is 3.69. The number of nitriles is 1. The summed E-state index contributed by atoms with van der Waals surface area (Å²) < 4.78 is 0. The second kappa shape index (κ2) is 4.55. The molecule has 1 atom stereocenters. The second-order valence-corrected chi connectivity index (χ2v) is 4.96. The van der Waals surface area contributed by atoms with Crippen molar-refractivity contribution in [2.24, 2.45) is 5.41 Å². The fourth-order valence-electron chi connectivity index (χ4n) is 1.18. The van der Waals surface area contributed by atoms with Gasteiger partial charge in [0.15, 0.2) is 0 Å². The lowest BCUT2D eigenvalue weighted by molar-refractivity contribution is 0.390. The maximum absolute atomic E-state index is 9.06. The van der Waals surface area contributed by atoms with Crippen LogP contribution in [-0.2, 0) is 0 Å². The summed E-state index contributed by atoms with van der Waals surface area (Å²) in [6, 6.07) is 9.44. The van der Waals surface area contributed by atoms with E-state index in [0.717, 1.165) is 5.69 Å². The SMILES string of the molecule is CC(C)(C)C(C#N)Nc1ccccc1Cl. The Labute approximate surface area is 95.9 Å².